The molecule has 1 aromatic rings. The van der Waals surface area contributed by atoms with Crippen LogP contribution < -0.4 is 5.32 Å². The largest absolute Gasteiger partial charge is 0.314 e. The van der Waals surface area contributed by atoms with E-state index in [1.165, 1.54) is 43.6 Å². The Morgan fingerprint density at radius 3 is 3.06 bits per heavy atom. The van der Waals surface area contributed by atoms with Gasteiger partial charge >= 0.3 is 0 Å². The second-order valence-corrected chi connectivity index (χ2v) is 5.62. The highest BCUT2D eigenvalue weighted by Crippen LogP contribution is 2.25. The van der Waals surface area contributed by atoms with Gasteiger partial charge in [0, 0.05) is 19.1 Å². The van der Waals surface area contributed by atoms with Crippen molar-refractivity contribution in [3.8, 4) is 0 Å². The first-order valence-corrected chi connectivity index (χ1v) is 6.82. The third-order valence-electron chi connectivity index (χ3n) is 4.23. The lowest BCUT2D eigenvalue weighted by atomic mass is 9.93. The van der Waals surface area contributed by atoms with Gasteiger partial charge in [0.1, 0.15) is 0 Å². The fraction of sp³-hybridized carbons (Fsp3) is 0.600. The van der Waals surface area contributed by atoms with Gasteiger partial charge in [0.2, 0.25) is 0 Å². The van der Waals surface area contributed by atoms with E-state index in [1.54, 1.807) is 0 Å². The maximum atomic E-state index is 3.63. The third-order valence-corrected chi connectivity index (χ3v) is 4.23. The molecule has 2 aliphatic rings. The summed E-state index contributed by atoms with van der Waals surface area (Å²) in [6.07, 6.45) is 2.70. The fourth-order valence-corrected chi connectivity index (χ4v) is 3.34. The summed E-state index contributed by atoms with van der Waals surface area (Å²) in [5, 5.41) is 3.63. The number of hydrogen-bond acceptors (Lipinski definition) is 2. The molecule has 0 aliphatic carbocycles. The summed E-state index contributed by atoms with van der Waals surface area (Å²) >= 11 is 0. The van der Waals surface area contributed by atoms with Gasteiger partial charge in [0.05, 0.1) is 0 Å². The lowest BCUT2D eigenvalue weighted by Crippen LogP contribution is -2.43. The molecule has 1 aromatic carbocycles. The van der Waals surface area contributed by atoms with Gasteiger partial charge < -0.3 is 5.32 Å². The van der Waals surface area contributed by atoms with E-state index in [9.17, 15) is 0 Å². The van der Waals surface area contributed by atoms with E-state index < -0.39 is 0 Å². The topological polar surface area (TPSA) is 15.3 Å². The predicted octanol–water partition coefficient (Wildman–Crippen LogP) is 2.60. The van der Waals surface area contributed by atoms with Crippen molar-refractivity contribution in [2.75, 3.05) is 19.6 Å². The zero-order valence-corrected chi connectivity index (χ0v) is 11.9. The molecule has 2 unspecified atom stereocenters. The summed E-state index contributed by atoms with van der Waals surface area (Å²) in [5.41, 5.74) is 2.84. The number of nitrogens with zero attached hydrogens (tertiary/aromatic N) is 1. The molecular formula is C15H23ClN2. The lowest BCUT2D eigenvalue weighted by Gasteiger charge is -2.34. The van der Waals surface area contributed by atoms with Gasteiger partial charge in [-0.2, -0.15) is 0 Å². The molecule has 18 heavy (non-hydrogen) atoms. The summed E-state index contributed by atoms with van der Waals surface area (Å²) in [5.74, 6) is 0.897. The fourth-order valence-electron chi connectivity index (χ4n) is 3.34. The highest BCUT2D eigenvalue weighted by Gasteiger charge is 2.32. The third kappa shape index (κ3) is 3.05. The van der Waals surface area contributed by atoms with Crippen LogP contribution in [0.3, 0.4) is 0 Å². The average Bonchev–Trinajstić information content (AvgIpc) is 2.76. The molecule has 2 saturated heterocycles. The molecule has 0 saturated carbocycles. The maximum Gasteiger partial charge on any atom is 0.0233 e. The zero-order chi connectivity index (χ0) is 11.7. The molecule has 1 N–H and O–H groups in total. The number of aryl methyl sites for hydroxylation is 1. The maximum absolute atomic E-state index is 3.63. The van der Waals surface area contributed by atoms with Crippen LogP contribution in [-0.2, 0) is 6.54 Å². The monoisotopic (exact) mass is 266 g/mol. The first-order valence-electron chi connectivity index (χ1n) is 6.82. The van der Waals surface area contributed by atoms with Crippen molar-refractivity contribution in [1.29, 1.82) is 0 Å². The van der Waals surface area contributed by atoms with Crippen molar-refractivity contribution >= 4 is 12.4 Å². The average molecular weight is 267 g/mol. The quantitative estimate of drug-likeness (QED) is 0.885. The van der Waals surface area contributed by atoms with Crippen molar-refractivity contribution in [3.05, 3.63) is 35.4 Å². The van der Waals surface area contributed by atoms with Crippen LogP contribution in [0.25, 0.3) is 0 Å². The summed E-state index contributed by atoms with van der Waals surface area (Å²) in [6, 6.07) is 9.74. The predicted molar refractivity (Wildman–Crippen MR) is 78.2 cm³/mol. The van der Waals surface area contributed by atoms with Crippen LogP contribution in [0.4, 0.5) is 0 Å². The number of rotatable bonds is 2. The van der Waals surface area contributed by atoms with Crippen LogP contribution in [0.1, 0.15) is 24.0 Å². The Balaban J connectivity index is 0.00000120. The SMILES string of the molecule is Cc1cccc(CN2CCC3NCCC3C2)c1.Cl. The molecule has 2 aliphatic heterocycles. The Kier molecular flexibility index (Phi) is 4.66. The van der Waals surface area contributed by atoms with Crippen molar-refractivity contribution in [2.24, 2.45) is 5.92 Å². The minimum absolute atomic E-state index is 0. The van der Waals surface area contributed by atoms with E-state index in [0.29, 0.717) is 0 Å². The first kappa shape index (κ1) is 13.9. The number of piperidine rings is 1. The smallest absolute Gasteiger partial charge is 0.0233 e. The van der Waals surface area contributed by atoms with Gasteiger partial charge in [-0.1, -0.05) is 29.8 Å². The van der Waals surface area contributed by atoms with E-state index >= 15 is 0 Å². The molecule has 2 nitrogen and oxygen atoms in total. The molecule has 0 spiro atoms. The second-order valence-electron chi connectivity index (χ2n) is 5.62. The molecule has 2 fully saturated rings. The molecule has 0 amide bonds. The first-order chi connectivity index (χ1) is 8.31. The highest BCUT2D eigenvalue weighted by atomic mass is 35.5. The van der Waals surface area contributed by atoms with Gasteiger partial charge in [-0.3, -0.25) is 4.90 Å². The summed E-state index contributed by atoms with van der Waals surface area (Å²) in [7, 11) is 0. The number of likely N-dealkylation sites (tertiary alicyclic amines) is 1. The Morgan fingerprint density at radius 1 is 1.33 bits per heavy atom. The molecule has 2 heterocycles. The van der Waals surface area contributed by atoms with E-state index in [2.05, 4.69) is 41.4 Å². The van der Waals surface area contributed by atoms with E-state index in [4.69, 9.17) is 0 Å². The van der Waals surface area contributed by atoms with Crippen molar-refractivity contribution in [3.63, 3.8) is 0 Å². The summed E-state index contributed by atoms with van der Waals surface area (Å²) in [4.78, 5) is 2.63. The number of fused-ring (bicyclic) bond motifs is 1. The van der Waals surface area contributed by atoms with E-state index in [0.717, 1.165) is 18.5 Å². The van der Waals surface area contributed by atoms with Crippen LogP contribution in [0, 0.1) is 12.8 Å². The Morgan fingerprint density at radius 2 is 2.22 bits per heavy atom. The van der Waals surface area contributed by atoms with Crippen molar-refractivity contribution < 1.29 is 0 Å². The van der Waals surface area contributed by atoms with Gasteiger partial charge in [0.25, 0.3) is 0 Å². The van der Waals surface area contributed by atoms with Crippen LogP contribution in [-0.4, -0.2) is 30.6 Å². The minimum Gasteiger partial charge on any atom is -0.314 e. The van der Waals surface area contributed by atoms with E-state index in [1.807, 2.05) is 0 Å². The molecule has 0 bridgehead atoms. The van der Waals surface area contributed by atoms with Crippen molar-refractivity contribution in [1.82, 2.24) is 10.2 Å². The van der Waals surface area contributed by atoms with Crippen LogP contribution in [0.15, 0.2) is 24.3 Å². The Bertz CT molecular complexity index is 394. The van der Waals surface area contributed by atoms with Gasteiger partial charge in [-0.05, 0) is 44.3 Å². The molecule has 3 rings (SSSR count). The number of halogens is 1. The minimum atomic E-state index is 0. The number of hydrogen-bond donors (Lipinski definition) is 1. The molecular weight excluding hydrogens is 244 g/mol. The van der Waals surface area contributed by atoms with Crippen LogP contribution in [0.5, 0.6) is 0 Å². The van der Waals surface area contributed by atoms with Crippen LogP contribution in [0.2, 0.25) is 0 Å². The lowest BCUT2D eigenvalue weighted by molar-refractivity contribution is 0.156. The van der Waals surface area contributed by atoms with E-state index in [-0.39, 0.29) is 12.4 Å². The van der Waals surface area contributed by atoms with Gasteiger partial charge in [0.15, 0.2) is 0 Å². The second kappa shape index (κ2) is 6.05. The standard InChI is InChI=1S/C15H22N2.ClH/c1-12-3-2-4-13(9-12)10-17-8-6-15-14(11-17)5-7-16-15;/h2-4,9,14-16H,5-8,10-11H2,1H3;1H. The summed E-state index contributed by atoms with van der Waals surface area (Å²) < 4.78 is 0. The van der Waals surface area contributed by atoms with Gasteiger partial charge in [-0.25, -0.2) is 0 Å². The number of benzene rings is 1. The molecule has 100 valence electrons. The van der Waals surface area contributed by atoms with Crippen molar-refractivity contribution in [2.45, 2.75) is 32.4 Å². The molecule has 2 atom stereocenters. The zero-order valence-electron chi connectivity index (χ0n) is 11.1. The Labute approximate surface area is 116 Å². The van der Waals surface area contributed by atoms with Crippen LogP contribution >= 0.6 is 12.4 Å². The molecule has 3 heteroatoms. The number of nitrogens with one attached hydrogen (secondary N) is 1. The Hall–Kier alpha value is -0.570. The summed E-state index contributed by atoms with van der Waals surface area (Å²) in [6.45, 7) is 7.07. The highest BCUT2D eigenvalue weighted by molar-refractivity contribution is 5.85. The van der Waals surface area contributed by atoms with Gasteiger partial charge in [-0.15, -0.1) is 12.4 Å². The molecule has 0 aromatic heterocycles. The normalized spacial score (nSPS) is 27.6. The molecule has 0 radical (unpaired) electrons.